The lowest BCUT2D eigenvalue weighted by atomic mass is 10.2. The summed E-state index contributed by atoms with van der Waals surface area (Å²) in [4.78, 5) is 12.4. The molecule has 1 heterocycles. The van der Waals surface area contributed by atoms with Crippen molar-refractivity contribution in [2.45, 2.75) is 13.3 Å². The van der Waals surface area contributed by atoms with Gasteiger partial charge in [-0.05, 0) is 24.6 Å². The van der Waals surface area contributed by atoms with Crippen LogP contribution in [0.5, 0.6) is 11.5 Å². The highest BCUT2D eigenvalue weighted by Crippen LogP contribution is 2.30. The van der Waals surface area contributed by atoms with Gasteiger partial charge in [-0.3, -0.25) is 4.79 Å². The van der Waals surface area contributed by atoms with Gasteiger partial charge < -0.3 is 19.4 Å². The quantitative estimate of drug-likeness (QED) is 0.889. The smallest absolute Gasteiger partial charge is 0.269 e. The third-order valence-corrected chi connectivity index (χ3v) is 3.40. The summed E-state index contributed by atoms with van der Waals surface area (Å²) in [5, 5.41) is 12.1. The fraction of sp³-hybridized carbons (Fsp3) is 0.294. The van der Waals surface area contributed by atoms with E-state index >= 15 is 0 Å². The minimum absolute atomic E-state index is 0.286. The maximum Gasteiger partial charge on any atom is 0.269 e. The fourth-order valence-corrected chi connectivity index (χ4v) is 2.26. The summed E-state index contributed by atoms with van der Waals surface area (Å²) in [6.45, 7) is 2.52. The van der Waals surface area contributed by atoms with Crippen molar-refractivity contribution >= 4 is 5.91 Å². The van der Waals surface area contributed by atoms with E-state index in [4.69, 9.17) is 9.47 Å². The van der Waals surface area contributed by atoms with E-state index in [1.54, 1.807) is 49.2 Å². The van der Waals surface area contributed by atoms with Gasteiger partial charge >= 0.3 is 0 Å². The minimum atomic E-state index is -0.286. The molecule has 0 atom stereocenters. The fourth-order valence-electron chi connectivity index (χ4n) is 2.26. The second kappa shape index (κ2) is 7.36. The highest BCUT2D eigenvalue weighted by Gasteiger charge is 2.20. The van der Waals surface area contributed by atoms with E-state index in [-0.39, 0.29) is 5.91 Å². The monoisotopic (exact) mass is 313 g/mol. The molecule has 0 saturated carbocycles. The zero-order valence-corrected chi connectivity index (χ0v) is 13.4. The lowest BCUT2D eigenvalue weighted by molar-refractivity contribution is 0.0946. The molecule has 23 heavy (non-hydrogen) atoms. The number of benzene rings is 1. The third kappa shape index (κ3) is 3.29. The Kier molecular flexibility index (Phi) is 5.26. The van der Waals surface area contributed by atoms with Gasteiger partial charge in [0.25, 0.3) is 5.91 Å². The third-order valence-electron chi connectivity index (χ3n) is 3.40. The molecule has 0 aliphatic rings. The van der Waals surface area contributed by atoms with Gasteiger partial charge in [0, 0.05) is 18.8 Å². The SMILES string of the molecule is CCCNC(=O)c1c(C#N)ccn1-c1ccc(OC)cc1OC. The molecule has 0 radical (unpaired) electrons. The number of rotatable bonds is 6. The highest BCUT2D eigenvalue weighted by atomic mass is 16.5. The molecule has 0 aliphatic carbocycles. The van der Waals surface area contributed by atoms with E-state index in [2.05, 4.69) is 11.4 Å². The van der Waals surface area contributed by atoms with Crippen LogP contribution in [0.1, 0.15) is 29.4 Å². The van der Waals surface area contributed by atoms with Gasteiger partial charge in [-0.25, -0.2) is 0 Å². The zero-order valence-electron chi connectivity index (χ0n) is 13.4. The maximum absolute atomic E-state index is 12.4. The van der Waals surface area contributed by atoms with Crippen LogP contribution in [0.3, 0.4) is 0 Å². The molecule has 6 nitrogen and oxygen atoms in total. The summed E-state index contributed by atoms with van der Waals surface area (Å²) in [5.74, 6) is 0.912. The number of nitriles is 1. The standard InChI is InChI=1S/C17H19N3O3/c1-4-8-19-17(21)16-12(11-18)7-9-20(16)14-6-5-13(22-2)10-15(14)23-3/h5-7,9-10H,4,8H2,1-3H3,(H,19,21). The Balaban J connectivity index is 2.54. The van der Waals surface area contributed by atoms with Gasteiger partial charge in [-0.1, -0.05) is 6.92 Å². The summed E-state index contributed by atoms with van der Waals surface area (Å²) < 4.78 is 12.2. The average Bonchev–Trinajstić information content (AvgIpc) is 3.02. The second-order valence-corrected chi connectivity index (χ2v) is 4.85. The molecule has 0 saturated heterocycles. The molecule has 0 fully saturated rings. The Morgan fingerprint density at radius 3 is 2.70 bits per heavy atom. The molecular formula is C17H19N3O3. The Labute approximate surface area is 135 Å². The van der Waals surface area contributed by atoms with Crippen molar-refractivity contribution < 1.29 is 14.3 Å². The first kappa shape index (κ1) is 16.4. The molecule has 0 spiro atoms. The van der Waals surface area contributed by atoms with E-state index in [0.29, 0.717) is 35.0 Å². The molecule has 120 valence electrons. The van der Waals surface area contributed by atoms with E-state index in [1.165, 1.54) is 0 Å². The van der Waals surface area contributed by atoms with Crippen LogP contribution in [0.4, 0.5) is 0 Å². The lowest BCUT2D eigenvalue weighted by Crippen LogP contribution is -2.27. The van der Waals surface area contributed by atoms with Crippen LogP contribution in [-0.4, -0.2) is 31.2 Å². The number of nitrogens with zero attached hydrogens (tertiary/aromatic N) is 2. The van der Waals surface area contributed by atoms with Crippen LogP contribution in [-0.2, 0) is 0 Å². The number of methoxy groups -OCH3 is 2. The van der Waals surface area contributed by atoms with Crippen molar-refractivity contribution in [3.05, 3.63) is 41.7 Å². The average molecular weight is 313 g/mol. The number of aromatic nitrogens is 1. The summed E-state index contributed by atoms with van der Waals surface area (Å²) in [5.41, 5.74) is 1.28. The molecule has 1 aromatic heterocycles. The molecule has 2 aromatic rings. The van der Waals surface area contributed by atoms with E-state index in [1.807, 2.05) is 6.92 Å². The Hall–Kier alpha value is -2.94. The molecule has 0 unspecified atom stereocenters. The van der Waals surface area contributed by atoms with Crippen molar-refractivity contribution in [2.75, 3.05) is 20.8 Å². The molecule has 1 N–H and O–H groups in total. The molecule has 2 rings (SSSR count). The van der Waals surface area contributed by atoms with Gasteiger partial charge in [-0.15, -0.1) is 0 Å². The van der Waals surface area contributed by atoms with Gasteiger partial charge in [0.15, 0.2) is 0 Å². The van der Waals surface area contributed by atoms with Gasteiger partial charge in [0.2, 0.25) is 0 Å². The first-order chi connectivity index (χ1) is 11.2. The zero-order chi connectivity index (χ0) is 16.8. The number of carbonyl (C=O) groups is 1. The minimum Gasteiger partial charge on any atom is -0.497 e. The number of nitrogens with one attached hydrogen (secondary N) is 1. The molecule has 1 aromatic carbocycles. The van der Waals surface area contributed by atoms with E-state index in [9.17, 15) is 10.1 Å². The van der Waals surface area contributed by atoms with Crippen LogP contribution in [0, 0.1) is 11.3 Å². The second-order valence-electron chi connectivity index (χ2n) is 4.85. The van der Waals surface area contributed by atoms with Crippen molar-refractivity contribution in [3.8, 4) is 23.3 Å². The first-order valence-corrected chi connectivity index (χ1v) is 7.28. The van der Waals surface area contributed by atoms with E-state index in [0.717, 1.165) is 6.42 Å². The van der Waals surface area contributed by atoms with Crippen LogP contribution in [0.15, 0.2) is 30.5 Å². The Morgan fingerprint density at radius 2 is 2.09 bits per heavy atom. The molecule has 1 amide bonds. The molecular weight excluding hydrogens is 294 g/mol. The summed E-state index contributed by atoms with van der Waals surface area (Å²) >= 11 is 0. The molecule has 0 aliphatic heterocycles. The van der Waals surface area contributed by atoms with Crippen LogP contribution >= 0.6 is 0 Å². The van der Waals surface area contributed by atoms with Crippen molar-refractivity contribution in [1.82, 2.24) is 9.88 Å². The van der Waals surface area contributed by atoms with Crippen molar-refractivity contribution in [1.29, 1.82) is 5.26 Å². The van der Waals surface area contributed by atoms with Crippen LogP contribution in [0.2, 0.25) is 0 Å². The number of hydrogen-bond donors (Lipinski definition) is 1. The molecule has 6 heteroatoms. The van der Waals surface area contributed by atoms with Gasteiger partial charge in [0.1, 0.15) is 23.3 Å². The largest absolute Gasteiger partial charge is 0.497 e. The van der Waals surface area contributed by atoms with Crippen molar-refractivity contribution in [3.63, 3.8) is 0 Å². The van der Waals surface area contributed by atoms with Crippen LogP contribution < -0.4 is 14.8 Å². The first-order valence-electron chi connectivity index (χ1n) is 7.28. The summed E-state index contributed by atoms with van der Waals surface area (Å²) in [6.07, 6.45) is 2.50. The Morgan fingerprint density at radius 1 is 1.30 bits per heavy atom. The van der Waals surface area contributed by atoms with E-state index < -0.39 is 0 Å². The number of ether oxygens (including phenoxy) is 2. The number of amides is 1. The highest BCUT2D eigenvalue weighted by molar-refractivity contribution is 5.96. The predicted molar refractivity (Wildman–Crippen MR) is 86.2 cm³/mol. The lowest BCUT2D eigenvalue weighted by Gasteiger charge is -2.14. The summed E-state index contributed by atoms with van der Waals surface area (Å²) in [6, 6.07) is 8.97. The van der Waals surface area contributed by atoms with Gasteiger partial charge in [0.05, 0.1) is 25.5 Å². The number of carbonyl (C=O) groups excluding carboxylic acids is 1. The molecule has 0 bridgehead atoms. The van der Waals surface area contributed by atoms with Crippen LogP contribution in [0.25, 0.3) is 5.69 Å². The van der Waals surface area contributed by atoms with Crippen molar-refractivity contribution in [2.24, 2.45) is 0 Å². The topological polar surface area (TPSA) is 76.3 Å². The summed E-state index contributed by atoms with van der Waals surface area (Å²) in [7, 11) is 3.12. The number of hydrogen-bond acceptors (Lipinski definition) is 4. The van der Waals surface area contributed by atoms with Gasteiger partial charge in [-0.2, -0.15) is 5.26 Å². The normalized spacial score (nSPS) is 10.0. The maximum atomic E-state index is 12.4. The Bertz CT molecular complexity index is 744. The predicted octanol–water partition coefficient (Wildman–Crippen LogP) is 2.51.